The molecule has 0 aliphatic carbocycles. The highest BCUT2D eigenvalue weighted by atomic mass is 16.5. The summed E-state index contributed by atoms with van der Waals surface area (Å²) in [7, 11) is 0. The molecule has 3 aromatic rings. The van der Waals surface area contributed by atoms with Gasteiger partial charge in [-0.1, -0.05) is 47.6 Å². The van der Waals surface area contributed by atoms with Gasteiger partial charge in [-0.05, 0) is 12.1 Å². The first-order valence-corrected chi connectivity index (χ1v) is 8.25. The van der Waals surface area contributed by atoms with Gasteiger partial charge in [0.25, 0.3) is 11.8 Å². The van der Waals surface area contributed by atoms with Crippen molar-refractivity contribution in [3.05, 3.63) is 77.5 Å². The molecule has 27 heavy (non-hydrogen) atoms. The summed E-state index contributed by atoms with van der Waals surface area (Å²) in [6.45, 7) is -0.561. The van der Waals surface area contributed by atoms with Crippen LogP contribution in [0.2, 0.25) is 0 Å². The van der Waals surface area contributed by atoms with Crippen LogP contribution in [0.25, 0.3) is 11.3 Å². The molecule has 7 heteroatoms. The first-order chi connectivity index (χ1) is 13.1. The highest BCUT2D eigenvalue weighted by Crippen LogP contribution is 2.23. The predicted octanol–water partition coefficient (Wildman–Crippen LogP) is 2.68. The summed E-state index contributed by atoms with van der Waals surface area (Å²) < 4.78 is 10.4. The fourth-order valence-corrected chi connectivity index (χ4v) is 2.83. The zero-order valence-electron chi connectivity index (χ0n) is 14.1. The Morgan fingerprint density at radius 3 is 2.26 bits per heavy atom. The Hall–Kier alpha value is -3.74. The number of hydrogen-bond donors (Lipinski definition) is 0. The van der Waals surface area contributed by atoms with E-state index in [1.807, 2.05) is 30.3 Å². The zero-order chi connectivity index (χ0) is 18.8. The van der Waals surface area contributed by atoms with E-state index >= 15 is 0 Å². The van der Waals surface area contributed by atoms with Gasteiger partial charge >= 0.3 is 5.97 Å². The minimum atomic E-state index is -0.700. The molecular weight excluding hydrogens is 348 g/mol. The van der Waals surface area contributed by atoms with Gasteiger partial charge in [0.05, 0.1) is 11.1 Å². The number of carbonyl (C=O) groups is 3. The molecule has 7 nitrogen and oxygen atoms in total. The third-order valence-electron chi connectivity index (χ3n) is 4.16. The molecule has 1 aromatic heterocycles. The highest BCUT2D eigenvalue weighted by molar-refractivity contribution is 6.22. The third kappa shape index (κ3) is 3.22. The van der Waals surface area contributed by atoms with Crippen LogP contribution in [0.15, 0.2) is 65.2 Å². The number of amides is 2. The number of benzene rings is 2. The van der Waals surface area contributed by atoms with E-state index in [1.165, 1.54) is 0 Å². The lowest BCUT2D eigenvalue weighted by Gasteiger charge is -2.12. The largest absolute Gasteiger partial charge is 0.458 e. The minimum Gasteiger partial charge on any atom is -0.458 e. The number of hydrogen-bond acceptors (Lipinski definition) is 6. The lowest BCUT2D eigenvalue weighted by molar-refractivity contribution is -0.145. The quantitative estimate of drug-likeness (QED) is 0.512. The average Bonchev–Trinajstić information content (AvgIpc) is 3.27. The highest BCUT2D eigenvalue weighted by Gasteiger charge is 2.36. The van der Waals surface area contributed by atoms with E-state index < -0.39 is 24.3 Å². The first kappa shape index (κ1) is 16.7. The standard InChI is InChI=1S/C20H14N2O5/c23-18(11-22-19(24)15-8-4-5-9-16(15)20(22)25)26-12-14-10-17(27-21-14)13-6-2-1-3-7-13/h1-10H,11-12H2. The summed E-state index contributed by atoms with van der Waals surface area (Å²) in [6.07, 6.45) is 0. The van der Waals surface area contributed by atoms with E-state index in [0.29, 0.717) is 22.6 Å². The number of ether oxygens (including phenoxy) is 1. The number of imide groups is 1. The van der Waals surface area contributed by atoms with Crippen molar-refractivity contribution in [2.24, 2.45) is 0 Å². The number of rotatable bonds is 5. The van der Waals surface area contributed by atoms with Gasteiger partial charge < -0.3 is 9.26 Å². The zero-order valence-corrected chi connectivity index (χ0v) is 14.1. The van der Waals surface area contributed by atoms with Crippen LogP contribution in [0, 0.1) is 0 Å². The lowest BCUT2D eigenvalue weighted by atomic mass is 10.1. The van der Waals surface area contributed by atoms with Gasteiger partial charge in [0, 0.05) is 11.6 Å². The lowest BCUT2D eigenvalue weighted by Crippen LogP contribution is -2.35. The molecule has 0 unspecified atom stereocenters. The van der Waals surface area contributed by atoms with E-state index in [0.717, 1.165) is 10.5 Å². The van der Waals surface area contributed by atoms with Gasteiger partial charge in [0.2, 0.25) is 0 Å². The Morgan fingerprint density at radius 2 is 1.59 bits per heavy atom. The molecule has 1 aliphatic heterocycles. The van der Waals surface area contributed by atoms with Crippen molar-refractivity contribution in [1.82, 2.24) is 10.1 Å². The SMILES string of the molecule is O=C(CN1C(=O)c2ccccc2C1=O)OCc1cc(-c2ccccc2)on1. The second kappa shape index (κ2) is 6.87. The Morgan fingerprint density at radius 1 is 0.963 bits per heavy atom. The van der Waals surface area contributed by atoms with Crippen LogP contribution < -0.4 is 0 Å². The summed E-state index contributed by atoms with van der Waals surface area (Å²) >= 11 is 0. The summed E-state index contributed by atoms with van der Waals surface area (Å²) in [6, 6.07) is 17.5. The minimum absolute atomic E-state index is 0.113. The molecule has 1 aliphatic rings. The second-order valence-corrected chi connectivity index (χ2v) is 5.95. The van der Waals surface area contributed by atoms with Gasteiger partial charge in [-0.15, -0.1) is 0 Å². The van der Waals surface area contributed by atoms with Crippen molar-refractivity contribution in [3.8, 4) is 11.3 Å². The maximum atomic E-state index is 12.2. The van der Waals surface area contributed by atoms with Crippen molar-refractivity contribution in [3.63, 3.8) is 0 Å². The molecule has 2 amide bonds. The van der Waals surface area contributed by atoms with E-state index in [1.54, 1.807) is 30.3 Å². The molecule has 0 N–H and O–H groups in total. The van der Waals surface area contributed by atoms with Crippen LogP contribution in [-0.2, 0) is 16.1 Å². The second-order valence-electron chi connectivity index (χ2n) is 5.95. The average molecular weight is 362 g/mol. The molecule has 0 radical (unpaired) electrons. The predicted molar refractivity (Wildman–Crippen MR) is 93.5 cm³/mol. The van der Waals surface area contributed by atoms with E-state index in [9.17, 15) is 14.4 Å². The number of aromatic nitrogens is 1. The van der Waals surface area contributed by atoms with Crippen LogP contribution in [-0.4, -0.2) is 34.4 Å². The summed E-state index contributed by atoms with van der Waals surface area (Å²) in [5.74, 6) is -1.14. The fourth-order valence-electron chi connectivity index (χ4n) is 2.83. The van der Waals surface area contributed by atoms with Crippen molar-refractivity contribution in [2.75, 3.05) is 6.54 Å². The van der Waals surface area contributed by atoms with E-state index in [-0.39, 0.29) is 6.61 Å². The van der Waals surface area contributed by atoms with Crippen molar-refractivity contribution in [2.45, 2.75) is 6.61 Å². The monoisotopic (exact) mass is 362 g/mol. The van der Waals surface area contributed by atoms with Gasteiger partial charge in [0.1, 0.15) is 18.8 Å². The summed E-state index contributed by atoms with van der Waals surface area (Å²) in [4.78, 5) is 37.4. The van der Waals surface area contributed by atoms with Crippen molar-refractivity contribution in [1.29, 1.82) is 0 Å². The Bertz CT molecular complexity index is 991. The third-order valence-corrected chi connectivity index (χ3v) is 4.16. The van der Waals surface area contributed by atoms with Crippen molar-refractivity contribution >= 4 is 17.8 Å². The molecule has 0 saturated heterocycles. The maximum absolute atomic E-state index is 12.2. The van der Waals surface area contributed by atoms with Crippen LogP contribution in [0.5, 0.6) is 0 Å². The maximum Gasteiger partial charge on any atom is 0.326 e. The van der Waals surface area contributed by atoms with Gasteiger partial charge in [-0.25, -0.2) is 0 Å². The number of fused-ring (bicyclic) bond motifs is 1. The Kier molecular flexibility index (Phi) is 4.25. The molecular formula is C20H14N2O5. The number of nitrogens with zero attached hydrogens (tertiary/aromatic N) is 2. The normalized spacial score (nSPS) is 13.0. The van der Waals surface area contributed by atoms with Gasteiger partial charge in [0.15, 0.2) is 5.76 Å². The molecule has 0 fully saturated rings. The number of carbonyl (C=O) groups excluding carboxylic acids is 3. The van der Waals surface area contributed by atoms with Gasteiger partial charge in [-0.2, -0.15) is 0 Å². The van der Waals surface area contributed by atoms with Crippen LogP contribution in [0.4, 0.5) is 0 Å². The summed E-state index contributed by atoms with van der Waals surface area (Å²) in [5.41, 5.74) is 1.87. The summed E-state index contributed by atoms with van der Waals surface area (Å²) in [5, 5.41) is 3.86. The topological polar surface area (TPSA) is 89.7 Å². The smallest absolute Gasteiger partial charge is 0.326 e. The molecule has 0 saturated carbocycles. The Labute approximate surface area is 154 Å². The molecule has 0 atom stereocenters. The first-order valence-electron chi connectivity index (χ1n) is 8.25. The van der Waals surface area contributed by atoms with Crippen molar-refractivity contribution < 1.29 is 23.6 Å². The van der Waals surface area contributed by atoms with Crippen LogP contribution in [0.3, 0.4) is 0 Å². The molecule has 0 spiro atoms. The molecule has 0 bridgehead atoms. The number of esters is 1. The van der Waals surface area contributed by atoms with Crippen LogP contribution in [0.1, 0.15) is 26.4 Å². The fraction of sp³-hybridized carbons (Fsp3) is 0.100. The van der Waals surface area contributed by atoms with E-state index in [2.05, 4.69) is 5.16 Å². The molecule has 4 rings (SSSR count). The molecule has 2 heterocycles. The molecule has 134 valence electrons. The Balaban J connectivity index is 1.37. The van der Waals surface area contributed by atoms with Gasteiger partial charge in [-0.3, -0.25) is 19.3 Å². The van der Waals surface area contributed by atoms with Crippen LogP contribution >= 0.6 is 0 Å². The molecule has 2 aromatic carbocycles. The van der Waals surface area contributed by atoms with E-state index in [4.69, 9.17) is 9.26 Å².